The SMILES string of the molecule is CCCN(CCC(=O)N1CCC2(CC1)OCCO2)S(C)(=O)=O. The zero-order chi connectivity index (χ0) is 16.2. The van der Waals surface area contributed by atoms with E-state index in [4.69, 9.17) is 9.47 Å². The molecule has 2 saturated heterocycles. The van der Waals surface area contributed by atoms with Crippen LogP contribution in [0, 0.1) is 0 Å². The number of rotatable bonds is 6. The minimum absolute atomic E-state index is 0.00222. The Morgan fingerprint density at radius 3 is 2.27 bits per heavy atom. The van der Waals surface area contributed by atoms with Crippen LogP contribution in [0.5, 0.6) is 0 Å². The van der Waals surface area contributed by atoms with Crippen LogP contribution >= 0.6 is 0 Å². The Morgan fingerprint density at radius 2 is 1.77 bits per heavy atom. The molecule has 2 fully saturated rings. The molecule has 2 aliphatic rings. The summed E-state index contributed by atoms with van der Waals surface area (Å²) >= 11 is 0. The van der Waals surface area contributed by atoms with Crippen LogP contribution in [0.25, 0.3) is 0 Å². The van der Waals surface area contributed by atoms with Gasteiger partial charge in [-0.1, -0.05) is 6.92 Å². The van der Waals surface area contributed by atoms with E-state index in [1.165, 1.54) is 10.6 Å². The molecule has 7 nitrogen and oxygen atoms in total. The maximum absolute atomic E-state index is 12.3. The summed E-state index contributed by atoms with van der Waals surface area (Å²) < 4.78 is 35.9. The van der Waals surface area contributed by atoms with Crippen LogP contribution in [-0.4, -0.2) is 75.0 Å². The molecule has 0 unspecified atom stereocenters. The van der Waals surface area contributed by atoms with Gasteiger partial charge in [0, 0.05) is 45.4 Å². The number of nitrogens with zero attached hydrogens (tertiary/aromatic N) is 2. The lowest BCUT2D eigenvalue weighted by Gasteiger charge is -2.37. The van der Waals surface area contributed by atoms with Crippen molar-refractivity contribution in [3.8, 4) is 0 Å². The van der Waals surface area contributed by atoms with Crippen LogP contribution in [0.2, 0.25) is 0 Å². The molecular weight excluding hydrogens is 308 g/mol. The molecule has 0 aliphatic carbocycles. The topological polar surface area (TPSA) is 76.2 Å². The lowest BCUT2D eigenvalue weighted by Crippen LogP contribution is -2.48. The Kier molecular flexibility index (Phi) is 5.81. The molecule has 2 aliphatic heterocycles. The van der Waals surface area contributed by atoms with Crippen molar-refractivity contribution in [1.82, 2.24) is 9.21 Å². The first-order valence-electron chi connectivity index (χ1n) is 7.87. The molecule has 2 heterocycles. The molecule has 0 aromatic heterocycles. The first-order chi connectivity index (χ1) is 10.4. The molecule has 0 bridgehead atoms. The summed E-state index contributed by atoms with van der Waals surface area (Å²) in [7, 11) is -3.25. The van der Waals surface area contributed by atoms with Crippen LogP contribution in [0.4, 0.5) is 0 Å². The number of carbonyl (C=O) groups is 1. The predicted octanol–water partition coefficient (Wildman–Crippen LogP) is 0.414. The standard InChI is InChI=1S/C14H26N2O5S/c1-3-7-16(22(2,18)19)8-4-13(17)15-9-5-14(6-10-15)20-11-12-21-14/h3-12H2,1-2H3. The summed E-state index contributed by atoms with van der Waals surface area (Å²) in [5, 5.41) is 0. The Bertz CT molecular complexity index is 477. The van der Waals surface area contributed by atoms with Crippen LogP contribution in [0.15, 0.2) is 0 Å². The van der Waals surface area contributed by atoms with E-state index < -0.39 is 15.8 Å². The number of hydrogen-bond donors (Lipinski definition) is 0. The van der Waals surface area contributed by atoms with E-state index in [0.717, 1.165) is 6.42 Å². The van der Waals surface area contributed by atoms with E-state index in [1.807, 2.05) is 6.92 Å². The molecule has 22 heavy (non-hydrogen) atoms. The van der Waals surface area contributed by atoms with Gasteiger partial charge in [-0.3, -0.25) is 4.79 Å². The van der Waals surface area contributed by atoms with Gasteiger partial charge >= 0.3 is 0 Å². The van der Waals surface area contributed by atoms with Crippen molar-refractivity contribution in [1.29, 1.82) is 0 Å². The number of piperidine rings is 1. The number of carbonyl (C=O) groups excluding carboxylic acids is 1. The van der Waals surface area contributed by atoms with E-state index >= 15 is 0 Å². The third kappa shape index (κ3) is 4.41. The van der Waals surface area contributed by atoms with E-state index in [1.54, 1.807) is 4.90 Å². The molecule has 1 amide bonds. The second-order valence-electron chi connectivity index (χ2n) is 5.90. The molecule has 0 atom stereocenters. The van der Waals surface area contributed by atoms with Crippen LogP contribution in [0.3, 0.4) is 0 Å². The van der Waals surface area contributed by atoms with Gasteiger partial charge in [0.2, 0.25) is 15.9 Å². The molecule has 2 rings (SSSR count). The first kappa shape index (κ1) is 17.7. The average molecular weight is 334 g/mol. The van der Waals surface area contributed by atoms with Crippen molar-refractivity contribution in [3.63, 3.8) is 0 Å². The molecule has 8 heteroatoms. The normalized spacial score (nSPS) is 21.7. The zero-order valence-electron chi connectivity index (χ0n) is 13.4. The number of hydrogen-bond acceptors (Lipinski definition) is 5. The fourth-order valence-corrected chi connectivity index (χ4v) is 3.89. The number of ether oxygens (including phenoxy) is 2. The predicted molar refractivity (Wildman–Crippen MR) is 81.8 cm³/mol. The van der Waals surface area contributed by atoms with Gasteiger partial charge in [0.15, 0.2) is 5.79 Å². The maximum Gasteiger partial charge on any atom is 0.223 e. The van der Waals surface area contributed by atoms with Gasteiger partial charge in [0.05, 0.1) is 19.5 Å². The highest BCUT2D eigenvalue weighted by atomic mass is 32.2. The van der Waals surface area contributed by atoms with Gasteiger partial charge in [-0.05, 0) is 6.42 Å². The second kappa shape index (κ2) is 7.25. The van der Waals surface area contributed by atoms with Crippen molar-refractivity contribution in [2.45, 2.75) is 38.4 Å². The average Bonchev–Trinajstić information content (AvgIpc) is 2.91. The van der Waals surface area contributed by atoms with Crippen molar-refractivity contribution >= 4 is 15.9 Å². The quantitative estimate of drug-likeness (QED) is 0.703. The molecule has 0 aromatic carbocycles. The van der Waals surface area contributed by atoms with E-state index in [2.05, 4.69) is 0 Å². The summed E-state index contributed by atoms with van der Waals surface area (Å²) in [6, 6.07) is 0. The Hall–Kier alpha value is -0.700. The third-order valence-corrected chi connectivity index (χ3v) is 5.51. The second-order valence-corrected chi connectivity index (χ2v) is 7.88. The third-order valence-electron chi connectivity index (χ3n) is 4.21. The fraction of sp³-hybridized carbons (Fsp3) is 0.929. The summed E-state index contributed by atoms with van der Waals surface area (Å²) in [6.07, 6.45) is 3.52. The lowest BCUT2D eigenvalue weighted by molar-refractivity contribution is -0.187. The van der Waals surface area contributed by atoms with Gasteiger partial charge in [0.1, 0.15) is 0 Å². The minimum Gasteiger partial charge on any atom is -0.347 e. The molecular formula is C14H26N2O5S. The highest BCUT2D eigenvalue weighted by Crippen LogP contribution is 2.31. The van der Waals surface area contributed by atoms with Crippen molar-refractivity contribution < 1.29 is 22.7 Å². The Balaban J connectivity index is 1.80. The van der Waals surface area contributed by atoms with Gasteiger partial charge in [-0.2, -0.15) is 0 Å². The zero-order valence-corrected chi connectivity index (χ0v) is 14.2. The van der Waals surface area contributed by atoms with Crippen LogP contribution in [0.1, 0.15) is 32.6 Å². The lowest BCUT2D eigenvalue weighted by atomic mass is 10.0. The minimum atomic E-state index is -3.25. The van der Waals surface area contributed by atoms with Gasteiger partial charge < -0.3 is 14.4 Å². The number of sulfonamides is 1. The van der Waals surface area contributed by atoms with Gasteiger partial charge in [0.25, 0.3) is 0 Å². The monoisotopic (exact) mass is 334 g/mol. The summed E-state index contributed by atoms with van der Waals surface area (Å²) in [6.45, 7) is 5.07. The molecule has 1 spiro atoms. The van der Waals surface area contributed by atoms with Gasteiger partial charge in [-0.15, -0.1) is 0 Å². The van der Waals surface area contributed by atoms with Crippen molar-refractivity contribution in [2.75, 3.05) is 45.6 Å². The highest BCUT2D eigenvalue weighted by molar-refractivity contribution is 7.88. The fourth-order valence-electron chi connectivity index (χ4n) is 2.95. The number of amides is 1. The molecule has 0 radical (unpaired) electrons. The first-order valence-corrected chi connectivity index (χ1v) is 9.72. The summed E-state index contributed by atoms with van der Waals surface area (Å²) in [5.74, 6) is -0.491. The highest BCUT2D eigenvalue weighted by Gasteiger charge is 2.40. The number of likely N-dealkylation sites (tertiary alicyclic amines) is 1. The largest absolute Gasteiger partial charge is 0.347 e. The van der Waals surface area contributed by atoms with Crippen molar-refractivity contribution in [2.24, 2.45) is 0 Å². The van der Waals surface area contributed by atoms with Crippen LogP contribution < -0.4 is 0 Å². The van der Waals surface area contributed by atoms with E-state index in [0.29, 0.717) is 45.7 Å². The Labute approximate surface area is 132 Å². The summed E-state index contributed by atoms with van der Waals surface area (Å²) in [5.41, 5.74) is 0. The Morgan fingerprint density at radius 1 is 1.18 bits per heavy atom. The smallest absolute Gasteiger partial charge is 0.223 e. The summed E-state index contributed by atoms with van der Waals surface area (Å²) in [4.78, 5) is 14.0. The maximum atomic E-state index is 12.3. The van der Waals surface area contributed by atoms with E-state index in [9.17, 15) is 13.2 Å². The molecule has 0 aromatic rings. The van der Waals surface area contributed by atoms with E-state index in [-0.39, 0.29) is 18.9 Å². The van der Waals surface area contributed by atoms with Crippen molar-refractivity contribution in [3.05, 3.63) is 0 Å². The molecule has 0 N–H and O–H groups in total. The van der Waals surface area contributed by atoms with Gasteiger partial charge in [-0.25, -0.2) is 12.7 Å². The molecule has 128 valence electrons. The molecule has 0 saturated carbocycles. The van der Waals surface area contributed by atoms with Crippen LogP contribution in [-0.2, 0) is 24.3 Å².